The first-order chi connectivity index (χ1) is 4.37. The summed E-state index contributed by atoms with van der Waals surface area (Å²) < 4.78 is 0. The number of hydrogen-bond acceptors (Lipinski definition) is 3. The van der Waals surface area contributed by atoms with Crippen molar-refractivity contribution in [2.24, 2.45) is 0 Å². The summed E-state index contributed by atoms with van der Waals surface area (Å²) in [6, 6.07) is 0. The third-order valence-electron chi connectivity index (χ3n) is 0.183. The second-order valence-electron chi connectivity index (χ2n) is 1.13. The van der Waals surface area contributed by atoms with Crippen molar-refractivity contribution in [3.8, 4) is 0 Å². The van der Waals surface area contributed by atoms with Crippen LogP contribution in [0.3, 0.4) is 0 Å². The van der Waals surface area contributed by atoms with Crippen molar-refractivity contribution in [1.82, 2.24) is 0 Å². The van der Waals surface area contributed by atoms with Gasteiger partial charge in [-0.2, -0.15) is 0 Å². The molecule has 0 aromatic rings. The van der Waals surface area contributed by atoms with Crippen LogP contribution in [0.25, 0.3) is 0 Å². The van der Waals surface area contributed by atoms with Crippen LogP contribution in [0.1, 0.15) is 8.35 Å². The van der Waals surface area contributed by atoms with Crippen LogP contribution >= 0.6 is 0 Å². The average Bonchev–Trinajstić information content (AvgIpc) is 1.63. The summed E-state index contributed by atoms with van der Waals surface area (Å²) >= 11 is 0. The van der Waals surface area contributed by atoms with Gasteiger partial charge in [0.25, 0.3) is 5.97 Å². The van der Waals surface area contributed by atoms with Crippen molar-refractivity contribution in [1.29, 1.82) is 0 Å². The van der Waals surface area contributed by atoms with Gasteiger partial charge in [0.2, 0.25) is 0 Å². The third kappa shape index (κ3) is 44.4. The van der Waals surface area contributed by atoms with Gasteiger partial charge in [-0.3, -0.25) is 4.79 Å². The van der Waals surface area contributed by atoms with Gasteiger partial charge in [0.1, 0.15) is 0 Å². The number of hydrogen-bond donors (Lipinski definition) is 3. The molecule has 0 atom stereocenters. The fraction of sp³-hybridized carbons (Fsp3) is 0.250. The zero-order valence-electron chi connectivity index (χ0n) is 7.07. The molecular formula is C4H7NaO6. The van der Waals surface area contributed by atoms with E-state index in [0.29, 0.717) is 0 Å². The van der Waals surface area contributed by atoms with E-state index in [1.807, 2.05) is 0 Å². The van der Waals surface area contributed by atoms with Gasteiger partial charge in [-0.25, -0.2) is 9.59 Å². The van der Waals surface area contributed by atoms with Gasteiger partial charge in [0.05, 0.1) is 0 Å². The molecule has 0 radical (unpaired) electrons. The van der Waals surface area contributed by atoms with E-state index in [9.17, 15) is 0 Å². The smallest absolute Gasteiger partial charge is 1.00 e. The largest absolute Gasteiger partial charge is 1.00 e. The van der Waals surface area contributed by atoms with E-state index in [1.54, 1.807) is 0 Å². The van der Waals surface area contributed by atoms with Crippen LogP contribution in [0.15, 0.2) is 0 Å². The molecule has 0 aliphatic rings. The molecule has 7 heteroatoms. The van der Waals surface area contributed by atoms with Crippen LogP contribution < -0.4 is 29.6 Å². The molecule has 60 valence electrons. The fourth-order valence-corrected chi connectivity index (χ4v) is 0. The fourth-order valence-electron chi connectivity index (χ4n) is 0. The van der Waals surface area contributed by atoms with Crippen molar-refractivity contribution in [3.63, 3.8) is 0 Å². The van der Waals surface area contributed by atoms with Gasteiger partial charge >= 0.3 is 41.5 Å². The first kappa shape index (κ1) is 16.8. The van der Waals surface area contributed by atoms with E-state index < -0.39 is 17.9 Å². The molecule has 0 heterocycles. The van der Waals surface area contributed by atoms with E-state index in [1.165, 1.54) is 0 Å². The Bertz CT molecular complexity index is 142. The van der Waals surface area contributed by atoms with Crippen LogP contribution in [0.2, 0.25) is 0 Å². The molecule has 0 amide bonds. The monoisotopic (exact) mass is 174 g/mol. The predicted molar refractivity (Wildman–Crippen MR) is 29.7 cm³/mol. The number of carbonyl (C=O) groups is 3. The Hall–Kier alpha value is -0.590. The summed E-state index contributed by atoms with van der Waals surface area (Å²) in [6.07, 6.45) is 0. The summed E-state index contributed by atoms with van der Waals surface area (Å²) in [6.45, 7) is 1.08. The second-order valence-corrected chi connectivity index (χ2v) is 1.13. The Morgan fingerprint density at radius 3 is 1.09 bits per heavy atom. The Balaban J connectivity index is -0.0000000483. The zero-order chi connectivity index (χ0) is 8.73. The maximum Gasteiger partial charge on any atom is 1.00 e. The van der Waals surface area contributed by atoms with Crippen molar-refractivity contribution in [3.05, 3.63) is 0 Å². The first-order valence-corrected chi connectivity index (χ1v) is 2.03. The van der Waals surface area contributed by atoms with Crippen LogP contribution in [0.4, 0.5) is 0 Å². The normalized spacial score (nSPS) is 6.27. The van der Waals surface area contributed by atoms with Gasteiger partial charge in [0, 0.05) is 6.92 Å². The topological polar surface area (TPSA) is 112 Å². The maximum absolute atomic E-state index is 9.10. The summed E-state index contributed by atoms with van der Waals surface area (Å²) in [5, 5.41) is 22.2. The van der Waals surface area contributed by atoms with E-state index in [-0.39, 0.29) is 31.0 Å². The molecule has 0 aromatic heterocycles. The summed E-state index contributed by atoms with van der Waals surface area (Å²) in [5.74, 6) is -4.48. The quantitative estimate of drug-likeness (QED) is 0.258. The molecule has 0 aromatic carbocycles. The molecule has 0 saturated heterocycles. The Kier molecular flexibility index (Phi) is 14.4. The van der Waals surface area contributed by atoms with Crippen molar-refractivity contribution < 1.29 is 60.7 Å². The van der Waals surface area contributed by atoms with Gasteiger partial charge in [-0.15, -0.1) is 0 Å². The number of aliphatic carboxylic acids is 3. The van der Waals surface area contributed by atoms with Gasteiger partial charge < -0.3 is 16.7 Å². The van der Waals surface area contributed by atoms with Gasteiger partial charge in [-0.05, 0) is 0 Å². The molecule has 0 fully saturated rings. The Labute approximate surface area is 85.6 Å². The van der Waals surface area contributed by atoms with E-state index in [4.69, 9.17) is 29.7 Å². The van der Waals surface area contributed by atoms with Crippen LogP contribution in [-0.4, -0.2) is 33.2 Å². The molecule has 0 bridgehead atoms. The third-order valence-corrected chi connectivity index (χ3v) is 0.183. The molecule has 0 spiro atoms. The van der Waals surface area contributed by atoms with Gasteiger partial charge in [0.15, 0.2) is 0 Å². The standard InChI is InChI=1S/C2H2O4.C2H4O2.Na.H/c3-1(4)2(5)6;1-2(3)4;;/h(H,3,4)(H,5,6);1H3,(H,3,4);;/q;;+1;-1. The Morgan fingerprint density at radius 2 is 1.09 bits per heavy atom. The molecule has 6 nitrogen and oxygen atoms in total. The van der Waals surface area contributed by atoms with Gasteiger partial charge in [-0.1, -0.05) is 0 Å². The summed E-state index contributed by atoms with van der Waals surface area (Å²) in [7, 11) is 0. The molecule has 0 aliphatic carbocycles. The summed E-state index contributed by atoms with van der Waals surface area (Å²) in [4.78, 5) is 27.2. The predicted octanol–water partition coefficient (Wildman–Crippen LogP) is -3.64. The molecule has 0 rings (SSSR count). The van der Waals surface area contributed by atoms with Crippen molar-refractivity contribution in [2.45, 2.75) is 6.92 Å². The molecular weight excluding hydrogens is 167 g/mol. The minimum Gasteiger partial charge on any atom is -1.00 e. The molecule has 3 N–H and O–H groups in total. The number of rotatable bonds is 0. The minimum atomic E-state index is -1.82. The molecule has 0 saturated carbocycles. The average molecular weight is 174 g/mol. The maximum atomic E-state index is 9.10. The van der Waals surface area contributed by atoms with Crippen LogP contribution in [-0.2, 0) is 14.4 Å². The van der Waals surface area contributed by atoms with E-state index in [0.717, 1.165) is 6.92 Å². The first-order valence-electron chi connectivity index (χ1n) is 2.03. The summed E-state index contributed by atoms with van der Waals surface area (Å²) in [5.41, 5.74) is 0. The zero-order valence-corrected chi connectivity index (χ0v) is 8.07. The second kappa shape index (κ2) is 9.41. The minimum absolute atomic E-state index is 0. The molecule has 0 aliphatic heterocycles. The van der Waals surface area contributed by atoms with E-state index >= 15 is 0 Å². The molecule has 11 heavy (non-hydrogen) atoms. The van der Waals surface area contributed by atoms with Crippen LogP contribution in [0.5, 0.6) is 0 Å². The number of carboxylic acid groups (broad SMARTS) is 3. The molecule has 0 unspecified atom stereocenters. The van der Waals surface area contributed by atoms with Crippen molar-refractivity contribution >= 4 is 17.9 Å². The van der Waals surface area contributed by atoms with Crippen LogP contribution in [0, 0.1) is 0 Å². The number of carboxylic acids is 3. The SMILES string of the molecule is CC(=O)O.O=C(O)C(=O)O.[H-].[Na+]. The Morgan fingerprint density at radius 1 is 1.00 bits per heavy atom. The van der Waals surface area contributed by atoms with Crippen molar-refractivity contribution in [2.75, 3.05) is 0 Å². The van der Waals surface area contributed by atoms with E-state index in [2.05, 4.69) is 0 Å².